The highest BCUT2D eigenvalue weighted by atomic mass is 32.1. The van der Waals surface area contributed by atoms with Gasteiger partial charge >= 0.3 is 0 Å². The van der Waals surface area contributed by atoms with Gasteiger partial charge in [-0.2, -0.15) is 11.3 Å². The minimum Gasteiger partial charge on any atom is -0.292 e. The Morgan fingerprint density at radius 3 is 2.76 bits per heavy atom. The van der Waals surface area contributed by atoms with Crippen LogP contribution < -0.4 is 0 Å². The maximum atomic E-state index is 4.20. The zero-order valence-electron chi connectivity index (χ0n) is 10.2. The summed E-state index contributed by atoms with van der Waals surface area (Å²) >= 11 is 3.45. The first-order valence-corrected chi connectivity index (χ1v) is 7.56. The summed E-state index contributed by atoms with van der Waals surface area (Å²) in [4.78, 5) is 2.43. The van der Waals surface area contributed by atoms with Crippen LogP contribution in [0.2, 0.25) is 0 Å². The smallest absolute Gasteiger partial charge is 0.131 e. The lowest BCUT2D eigenvalue weighted by Gasteiger charge is -2.19. The predicted molar refractivity (Wildman–Crippen MR) is 73.4 cm³/mol. The normalized spacial score (nSPS) is 11.2. The Morgan fingerprint density at radius 1 is 1.29 bits per heavy atom. The van der Waals surface area contributed by atoms with Crippen LogP contribution in [0.15, 0.2) is 16.8 Å². The standard InChI is InChI=1S/C12H17N3S2/c1-3-5-15(7-11-4-6-16-9-11)8-12-14-13-10(2)17-12/h4,6,9H,3,5,7-8H2,1-2H3. The van der Waals surface area contributed by atoms with Crippen molar-refractivity contribution >= 4 is 22.7 Å². The second-order valence-electron chi connectivity index (χ2n) is 4.06. The first kappa shape index (κ1) is 12.7. The van der Waals surface area contributed by atoms with Crippen molar-refractivity contribution in [1.29, 1.82) is 0 Å². The van der Waals surface area contributed by atoms with Crippen molar-refractivity contribution in [2.75, 3.05) is 6.54 Å². The van der Waals surface area contributed by atoms with Gasteiger partial charge in [0.25, 0.3) is 0 Å². The molecule has 0 saturated heterocycles. The van der Waals surface area contributed by atoms with Gasteiger partial charge in [-0.1, -0.05) is 6.92 Å². The molecule has 0 radical (unpaired) electrons. The minimum atomic E-state index is 0.912. The fraction of sp³-hybridized carbons (Fsp3) is 0.500. The van der Waals surface area contributed by atoms with Crippen LogP contribution >= 0.6 is 22.7 Å². The van der Waals surface area contributed by atoms with Crippen molar-refractivity contribution in [3.63, 3.8) is 0 Å². The second-order valence-corrected chi connectivity index (χ2v) is 6.10. The van der Waals surface area contributed by atoms with Gasteiger partial charge < -0.3 is 0 Å². The van der Waals surface area contributed by atoms with Gasteiger partial charge in [0, 0.05) is 6.54 Å². The molecule has 0 fully saturated rings. The summed E-state index contributed by atoms with van der Waals surface area (Å²) in [5, 5.41) is 14.8. The van der Waals surface area contributed by atoms with E-state index in [4.69, 9.17) is 0 Å². The SMILES string of the molecule is CCCN(Cc1ccsc1)Cc1nnc(C)s1. The van der Waals surface area contributed by atoms with Crippen molar-refractivity contribution in [3.05, 3.63) is 32.4 Å². The molecule has 0 N–H and O–H groups in total. The summed E-state index contributed by atoms with van der Waals surface area (Å²) in [5.74, 6) is 0. The predicted octanol–water partition coefficient (Wildman–Crippen LogP) is 3.32. The van der Waals surface area contributed by atoms with Gasteiger partial charge in [-0.05, 0) is 42.3 Å². The van der Waals surface area contributed by atoms with Crippen molar-refractivity contribution < 1.29 is 0 Å². The summed E-state index contributed by atoms with van der Waals surface area (Å²) in [6, 6.07) is 2.19. The molecule has 0 spiro atoms. The molecule has 5 heteroatoms. The van der Waals surface area contributed by atoms with E-state index in [9.17, 15) is 0 Å². The Balaban J connectivity index is 1.97. The highest BCUT2D eigenvalue weighted by Gasteiger charge is 2.09. The van der Waals surface area contributed by atoms with E-state index >= 15 is 0 Å². The lowest BCUT2D eigenvalue weighted by Crippen LogP contribution is -2.23. The molecule has 3 nitrogen and oxygen atoms in total. The molecule has 2 aromatic heterocycles. The number of aryl methyl sites for hydroxylation is 1. The van der Waals surface area contributed by atoms with Crippen molar-refractivity contribution in [3.8, 4) is 0 Å². The largest absolute Gasteiger partial charge is 0.292 e. The second kappa shape index (κ2) is 6.23. The van der Waals surface area contributed by atoms with Crippen molar-refractivity contribution in [2.24, 2.45) is 0 Å². The molecule has 0 aliphatic heterocycles. The Hall–Kier alpha value is -0.780. The van der Waals surface area contributed by atoms with Crippen LogP contribution in [0.1, 0.15) is 28.9 Å². The molecule has 2 aromatic rings. The van der Waals surface area contributed by atoms with Gasteiger partial charge in [-0.25, -0.2) is 0 Å². The molecule has 0 saturated carbocycles. The third kappa shape index (κ3) is 3.87. The first-order valence-electron chi connectivity index (χ1n) is 5.80. The van der Waals surface area contributed by atoms with Crippen LogP contribution in [0.25, 0.3) is 0 Å². The van der Waals surface area contributed by atoms with Gasteiger partial charge in [-0.15, -0.1) is 21.5 Å². The number of aromatic nitrogens is 2. The van der Waals surface area contributed by atoms with Crippen molar-refractivity contribution in [2.45, 2.75) is 33.4 Å². The molecular formula is C12H17N3S2. The molecule has 92 valence electrons. The van der Waals surface area contributed by atoms with Gasteiger partial charge in [0.15, 0.2) is 0 Å². The fourth-order valence-corrected chi connectivity index (χ4v) is 3.17. The van der Waals surface area contributed by atoms with E-state index in [-0.39, 0.29) is 0 Å². The van der Waals surface area contributed by atoms with Crippen LogP contribution in [0.5, 0.6) is 0 Å². The quantitative estimate of drug-likeness (QED) is 0.804. The van der Waals surface area contributed by atoms with E-state index in [1.165, 1.54) is 12.0 Å². The maximum Gasteiger partial charge on any atom is 0.131 e. The number of rotatable bonds is 6. The van der Waals surface area contributed by atoms with Gasteiger partial charge in [-0.3, -0.25) is 4.90 Å². The van der Waals surface area contributed by atoms with E-state index in [1.807, 2.05) is 6.92 Å². The summed E-state index contributed by atoms with van der Waals surface area (Å²) in [6.07, 6.45) is 1.17. The lowest BCUT2D eigenvalue weighted by molar-refractivity contribution is 0.256. The van der Waals surface area contributed by atoms with Crippen molar-refractivity contribution in [1.82, 2.24) is 15.1 Å². The number of hydrogen-bond acceptors (Lipinski definition) is 5. The molecule has 0 aromatic carbocycles. The average Bonchev–Trinajstić information content (AvgIpc) is 2.91. The third-order valence-electron chi connectivity index (χ3n) is 2.45. The van der Waals surface area contributed by atoms with Crippen LogP contribution in [-0.4, -0.2) is 21.6 Å². The molecule has 2 rings (SSSR count). The molecule has 0 bridgehead atoms. The van der Waals surface area contributed by atoms with Gasteiger partial charge in [0.1, 0.15) is 10.0 Å². The van der Waals surface area contributed by atoms with E-state index in [2.05, 4.69) is 38.8 Å². The van der Waals surface area contributed by atoms with Gasteiger partial charge in [0.05, 0.1) is 6.54 Å². The first-order chi connectivity index (χ1) is 8.28. The lowest BCUT2D eigenvalue weighted by atomic mass is 10.3. The summed E-state index contributed by atoms with van der Waals surface area (Å²) < 4.78 is 0. The Bertz CT molecular complexity index is 436. The molecule has 0 aliphatic carbocycles. The molecule has 2 heterocycles. The number of nitrogens with zero attached hydrogens (tertiary/aromatic N) is 3. The van der Waals surface area contributed by atoms with E-state index < -0.39 is 0 Å². The van der Waals surface area contributed by atoms with Crippen LogP contribution in [-0.2, 0) is 13.1 Å². The third-order valence-corrected chi connectivity index (χ3v) is 4.01. The van der Waals surface area contributed by atoms with E-state index in [0.29, 0.717) is 0 Å². The van der Waals surface area contributed by atoms with E-state index in [1.54, 1.807) is 22.7 Å². The van der Waals surface area contributed by atoms with Crippen LogP contribution in [0.4, 0.5) is 0 Å². The molecule has 0 amide bonds. The topological polar surface area (TPSA) is 29.0 Å². The number of thiophene rings is 1. The molecule has 0 unspecified atom stereocenters. The molecule has 0 atom stereocenters. The Morgan fingerprint density at radius 2 is 2.18 bits per heavy atom. The minimum absolute atomic E-state index is 0.912. The zero-order valence-corrected chi connectivity index (χ0v) is 11.9. The Kier molecular flexibility index (Phi) is 4.65. The average molecular weight is 267 g/mol. The highest BCUT2D eigenvalue weighted by molar-refractivity contribution is 7.11. The van der Waals surface area contributed by atoms with Crippen LogP contribution in [0, 0.1) is 6.92 Å². The Labute approximate surface area is 110 Å². The maximum absolute atomic E-state index is 4.20. The zero-order chi connectivity index (χ0) is 12.1. The fourth-order valence-electron chi connectivity index (χ4n) is 1.76. The molecule has 17 heavy (non-hydrogen) atoms. The molecular weight excluding hydrogens is 250 g/mol. The summed E-state index contributed by atoms with van der Waals surface area (Å²) in [6.45, 7) is 7.25. The van der Waals surface area contributed by atoms with Gasteiger partial charge in [0.2, 0.25) is 0 Å². The monoisotopic (exact) mass is 267 g/mol. The van der Waals surface area contributed by atoms with E-state index in [0.717, 1.165) is 29.6 Å². The summed E-state index contributed by atoms with van der Waals surface area (Å²) in [5.41, 5.74) is 1.39. The van der Waals surface area contributed by atoms with Crippen LogP contribution in [0.3, 0.4) is 0 Å². The highest BCUT2D eigenvalue weighted by Crippen LogP contribution is 2.15. The number of hydrogen-bond donors (Lipinski definition) is 0. The summed E-state index contributed by atoms with van der Waals surface area (Å²) in [7, 11) is 0. The molecule has 0 aliphatic rings.